The average molecular weight is 386 g/mol. The third-order valence-electron chi connectivity index (χ3n) is 5.02. The second-order valence-electron chi connectivity index (χ2n) is 7.15. The maximum absolute atomic E-state index is 8.92. The number of nitrogens with zero attached hydrogens (tertiary/aromatic N) is 2. The summed E-state index contributed by atoms with van der Waals surface area (Å²) in [7, 11) is 0. The van der Waals surface area contributed by atoms with Crippen LogP contribution < -0.4 is 10.1 Å². The lowest BCUT2D eigenvalue weighted by molar-refractivity contribution is 0.303. The summed E-state index contributed by atoms with van der Waals surface area (Å²) in [6.07, 6.45) is 4.09. The molecule has 0 amide bonds. The van der Waals surface area contributed by atoms with Crippen LogP contribution in [0.2, 0.25) is 0 Å². The first-order valence-electron chi connectivity index (χ1n) is 10.0. The molecule has 1 heterocycles. The van der Waals surface area contributed by atoms with Gasteiger partial charge in [-0.3, -0.25) is 4.98 Å². The van der Waals surface area contributed by atoms with Crippen molar-refractivity contribution in [2.24, 2.45) is 0 Å². The molecule has 4 heteroatoms. The Bertz CT molecular complexity index is 986. The van der Waals surface area contributed by atoms with Crippen molar-refractivity contribution in [1.82, 2.24) is 4.98 Å². The van der Waals surface area contributed by atoms with Gasteiger partial charge in [-0.25, -0.2) is 0 Å². The highest BCUT2D eigenvalue weighted by atomic mass is 16.5. The fraction of sp³-hybridized carbons (Fsp3) is 0.280. The van der Waals surface area contributed by atoms with Crippen molar-refractivity contribution in [3.63, 3.8) is 0 Å². The highest BCUT2D eigenvalue weighted by Crippen LogP contribution is 2.26. The van der Waals surface area contributed by atoms with Crippen LogP contribution in [0.3, 0.4) is 0 Å². The van der Waals surface area contributed by atoms with E-state index in [1.165, 1.54) is 0 Å². The van der Waals surface area contributed by atoms with E-state index < -0.39 is 0 Å². The fourth-order valence-electron chi connectivity index (χ4n) is 3.17. The minimum Gasteiger partial charge on any atom is -0.491 e. The summed E-state index contributed by atoms with van der Waals surface area (Å²) in [6.45, 7) is 7.68. The molecular weight excluding hydrogens is 358 g/mol. The van der Waals surface area contributed by atoms with Crippen LogP contribution in [0.15, 0.2) is 54.7 Å². The number of nitriles is 1. The summed E-state index contributed by atoms with van der Waals surface area (Å²) in [5, 5.41) is 12.4. The molecule has 1 aromatic heterocycles. The topological polar surface area (TPSA) is 57.9 Å². The van der Waals surface area contributed by atoms with E-state index in [1.54, 1.807) is 0 Å². The molecule has 1 N–H and O–H groups in total. The molecule has 0 saturated carbocycles. The molecule has 0 saturated heterocycles. The van der Waals surface area contributed by atoms with Crippen molar-refractivity contribution in [2.75, 3.05) is 11.9 Å². The second kappa shape index (κ2) is 9.75. The van der Waals surface area contributed by atoms with Gasteiger partial charge < -0.3 is 10.1 Å². The van der Waals surface area contributed by atoms with Gasteiger partial charge in [-0.05, 0) is 66.8 Å². The zero-order chi connectivity index (χ0) is 20.6. The zero-order valence-electron chi connectivity index (χ0n) is 17.3. The van der Waals surface area contributed by atoms with E-state index in [-0.39, 0.29) is 0 Å². The third kappa shape index (κ3) is 5.14. The Balaban J connectivity index is 1.67. The van der Waals surface area contributed by atoms with Gasteiger partial charge in [0.15, 0.2) is 0 Å². The lowest BCUT2D eigenvalue weighted by Crippen LogP contribution is -2.07. The van der Waals surface area contributed by atoms with Crippen molar-refractivity contribution in [3.05, 3.63) is 77.1 Å². The lowest BCUT2D eigenvalue weighted by Gasteiger charge is -2.15. The lowest BCUT2D eigenvalue weighted by atomic mass is 10.0. The maximum Gasteiger partial charge on any atom is 0.143 e. The number of aromatic nitrogens is 1. The normalized spacial score (nSPS) is 10.4. The maximum atomic E-state index is 8.92. The molecule has 3 rings (SSSR count). The minimum absolute atomic E-state index is 0.673. The van der Waals surface area contributed by atoms with Crippen LogP contribution in [0.25, 0.3) is 11.1 Å². The molecule has 148 valence electrons. The number of ether oxygens (including phenoxy) is 1. The summed E-state index contributed by atoms with van der Waals surface area (Å²) >= 11 is 0. The van der Waals surface area contributed by atoms with Gasteiger partial charge in [-0.15, -0.1) is 0 Å². The average Bonchev–Trinajstić information content (AvgIpc) is 2.76. The van der Waals surface area contributed by atoms with Crippen LogP contribution in [-0.2, 0) is 6.54 Å². The van der Waals surface area contributed by atoms with Gasteiger partial charge in [-0.2, -0.15) is 5.26 Å². The smallest absolute Gasteiger partial charge is 0.143 e. The number of benzene rings is 2. The highest BCUT2D eigenvalue weighted by Gasteiger charge is 2.10. The molecule has 0 aliphatic heterocycles. The van der Waals surface area contributed by atoms with E-state index in [0.717, 1.165) is 58.8 Å². The molecule has 4 nitrogen and oxygen atoms in total. The predicted molar refractivity (Wildman–Crippen MR) is 118 cm³/mol. The quantitative estimate of drug-likeness (QED) is 0.481. The van der Waals surface area contributed by atoms with Gasteiger partial charge in [0.05, 0.1) is 23.9 Å². The Morgan fingerprint density at radius 3 is 2.28 bits per heavy atom. The number of aryl methyl sites for hydroxylation is 1. The van der Waals surface area contributed by atoms with Crippen LogP contribution in [0.1, 0.15) is 42.1 Å². The molecule has 0 bridgehead atoms. The van der Waals surface area contributed by atoms with Gasteiger partial charge in [-0.1, -0.05) is 37.6 Å². The molecule has 29 heavy (non-hydrogen) atoms. The number of anilines is 1. The van der Waals surface area contributed by atoms with E-state index in [1.807, 2.05) is 37.4 Å². The molecule has 2 aromatic carbocycles. The minimum atomic E-state index is 0.673. The number of nitrogens with one attached hydrogen (secondary N) is 1. The Labute approximate surface area is 173 Å². The Hall–Kier alpha value is -3.32. The highest BCUT2D eigenvalue weighted by molar-refractivity contribution is 5.66. The van der Waals surface area contributed by atoms with E-state index in [9.17, 15) is 0 Å². The van der Waals surface area contributed by atoms with Gasteiger partial charge in [0, 0.05) is 18.4 Å². The Kier molecular flexibility index (Phi) is 6.86. The summed E-state index contributed by atoms with van der Waals surface area (Å²) in [6, 6.07) is 18.1. The first-order chi connectivity index (χ1) is 14.1. The number of hydrogen-bond donors (Lipinski definition) is 1. The summed E-state index contributed by atoms with van der Waals surface area (Å²) in [4.78, 5) is 4.51. The van der Waals surface area contributed by atoms with E-state index in [2.05, 4.69) is 54.5 Å². The van der Waals surface area contributed by atoms with Crippen LogP contribution in [0.5, 0.6) is 5.75 Å². The molecule has 0 aliphatic carbocycles. The van der Waals surface area contributed by atoms with Crippen molar-refractivity contribution >= 4 is 5.69 Å². The molecule has 0 aliphatic rings. The first kappa shape index (κ1) is 20.4. The van der Waals surface area contributed by atoms with Crippen molar-refractivity contribution in [1.29, 1.82) is 5.26 Å². The van der Waals surface area contributed by atoms with Crippen LogP contribution in [0.4, 0.5) is 5.69 Å². The van der Waals surface area contributed by atoms with Gasteiger partial charge in [0.25, 0.3) is 0 Å². The molecule has 0 atom stereocenters. The van der Waals surface area contributed by atoms with Crippen LogP contribution in [0, 0.1) is 25.2 Å². The predicted octanol–water partition coefficient (Wildman–Crippen LogP) is 6.03. The van der Waals surface area contributed by atoms with Gasteiger partial charge >= 0.3 is 0 Å². The number of rotatable bonds is 8. The standard InChI is InChI=1S/C25H27N3O/c1-4-5-14-29-25-18(2)23(16-27-19(25)3)17-28-24-12-10-22(11-13-24)21-8-6-20(15-26)7-9-21/h6-13,16,28H,4-5,14,17H2,1-3H3. The monoisotopic (exact) mass is 385 g/mol. The summed E-state index contributed by atoms with van der Waals surface area (Å²) < 4.78 is 5.97. The molecular formula is C25H27N3O. The van der Waals surface area contributed by atoms with E-state index in [4.69, 9.17) is 10.00 Å². The first-order valence-corrected chi connectivity index (χ1v) is 10.0. The van der Waals surface area contributed by atoms with Crippen LogP contribution in [-0.4, -0.2) is 11.6 Å². The summed E-state index contributed by atoms with van der Waals surface area (Å²) in [5.41, 5.74) is 7.17. The molecule has 0 fully saturated rings. The van der Waals surface area contributed by atoms with Crippen molar-refractivity contribution in [2.45, 2.75) is 40.2 Å². The molecule has 3 aromatic rings. The number of pyridine rings is 1. The van der Waals surface area contributed by atoms with E-state index >= 15 is 0 Å². The second-order valence-corrected chi connectivity index (χ2v) is 7.15. The van der Waals surface area contributed by atoms with Crippen molar-refractivity contribution < 1.29 is 4.74 Å². The third-order valence-corrected chi connectivity index (χ3v) is 5.02. The van der Waals surface area contributed by atoms with Crippen LogP contribution >= 0.6 is 0 Å². The van der Waals surface area contributed by atoms with Gasteiger partial charge in [0.1, 0.15) is 5.75 Å². The van der Waals surface area contributed by atoms with Crippen molar-refractivity contribution in [3.8, 4) is 22.9 Å². The fourth-order valence-corrected chi connectivity index (χ4v) is 3.17. The van der Waals surface area contributed by atoms with E-state index in [0.29, 0.717) is 12.1 Å². The zero-order valence-corrected chi connectivity index (χ0v) is 17.3. The number of unbranched alkanes of at least 4 members (excludes halogenated alkanes) is 1. The number of hydrogen-bond acceptors (Lipinski definition) is 4. The molecule has 0 spiro atoms. The van der Waals surface area contributed by atoms with Gasteiger partial charge in [0.2, 0.25) is 0 Å². The summed E-state index contributed by atoms with van der Waals surface area (Å²) in [5.74, 6) is 0.911. The Morgan fingerprint density at radius 1 is 1.00 bits per heavy atom. The molecule has 0 radical (unpaired) electrons. The Morgan fingerprint density at radius 2 is 1.66 bits per heavy atom. The molecule has 0 unspecified atom stereocenters. The SMILES string of the molecule is CCCCOc1c(C)ncc(CNc2ccc(-c3ccc(C#N)cc3)cc2)c1C. The largest absolute Gasteiger partial charge is 0.491 e.